The topological polar surface area (TPSA) is 55.4 Å². The summed E-state index contributed by atoms with van der Waals surface area (Å²) in [6.45, 7) is 5.67. The van der Waals surface area contributed by atoms with Crippen molar-refractivity contribution in [3.05, 3.63) is 0 Å². The molecule has 1 fully saturated rings. The fraction of sp³-hybridized carbons (Fsp3) is 1.00. The predicted octanol–water partition coefficient (Wildman–Crippen LogP) is 1.83. The van der Waals surface area contributed by atoms with Crippen molar-refractivity contribution < 1.29 is 13.3 Å². The summed E-state index contributed by atoms with van der Waals surface area (Å²) < 4.78 is 23.1. The van der Waals surface area contributed by atoms with Crippen molar-refractivity contribution in [1.82, 2.24) is 4.89 Å². The molecule has 0 unspecified atom stereocenters. The van der Waals surface area contributed by atoms with Crippen molar-refractivity contribution in [3.8, 4) is 0 Å². The van der Waals surface area contributed by atoms with Crippen LogP contribution in [0.5, 0.6) is 0 Å². The zero-order valence-corrected chi connectivity index (χ0v) is 10.6. The molecule has 15 heavy (non-hydrogen) atoms. The molecule has 0 heterocycles. The molecule has 0 aliphatic heterocycles. The summed E-state index contributed by atoms with van der Waals surface area (Å²) in [5.41, 5.74) is -0.245. The second-order valence-electron chi connectivity index (χ2n) is 5.43. The van der Waals surface area contributed by atoms with Gasteiger partial charge in [0.2, 0.25) is 10.0 Å². The first-order valence-electron chi connectivity index (χ1n) is 5.44. The molecule has 90 valence electrons. The molecule has 0 aromatic rings. The van der Waals surface area contributed by atoms with Crippen molar-refractivity contribution >= 4 is 10.0 Å². The molecule has 5 heteroatoms. The number of hydrogen-bond acceptors (Lipinski definition) is 3. The molecule has 1 saturated carbocycles. The van der Waals surface area contributed by atoms with E-state index in [1.807, 2.05) is 20.8 Å². The third-order valence-corrected chi connectivity index (χ3v) is 3.86. The van der Waals surface area contributed by atoms with Gasteiger partial charge >= 0.3 is 0 Å². The number of rotatable bonds is 4. The lowest BCUT2D eigenvalue weighted by Gasteiger charge is -2.19. The number of hydrogen-bond donors (Lipinski definition) is 1. The summed E-state index contributed by atoms with van der Waals surface area (Å²) in [4.78, 5) is 7.41. The van der Waals surface area contributed by atoms with Crippen molar-refractivity contribution in [1.29, 1.82) is 0 Å². The highest BCUT2D eigenvalue weighted by Gasteiger charge is 2.24. The number of sulfonamides is 1. The van der Waals surface area contributed by atoms with Gasteiger partial charge in [0.15, 0.2) is 0 Å². The van der Waals surface area contributed by atoms with E-state index in [0.29, 0.717) is 0 Å². The molecule has 1 N–H and O–H groups in total. The van der Waals surface area contributed by atoms with Gasteiger partial charge in [-0.25, -0.2) is 8.42 Å². The van der Waals surface area contributed by atoms with Crippen LogP contribution >= 0.6 is 0 Å². The molecule has 0 saturated heterocycles. The highest BCUT2D eigenvalue weighted by atomic mass is 32.2. The highest BCUT2D eigenvalue weighted by molar-refractivity contribution is 7.89. The van der Waals surface area contributed by atoms with E-state index in [1.165, 1.54) is 0 Å². The molecule has 4 nitrogen and oxygen atoms in total. The first-order valence-corrected chi connectivity index (χ1v) is 7.09. The van der Waals surface area contributed by atoms with Crippen LogP contribution in [0.4, 0.5) is 0 Å². The Morgan fingerprint density at radius 1 is 1.27 bits per heavy atom. The Balaban J connectivity index is 2.36. The monoisotopic (exact) mass is 235 g/mol. The lowest BCUT2D eigenvalue weighted by Crippen LogP contribution is -2.34. The Labute approximate surface area is 92.4 Å². The van der Waals surface area contributed by atoms with E-state index >= 15 is 0 Å². The van der Waals surface area contributed by atoms with Crippen LogP contribution in [-0.2, 0) is 14.9 Å². The highest BCUT2D eigenvalue weighted by Crippen LogP contribution is 2.21. The van der Waals surface area contributed by atoms with E-state index in [9.17, 15) is 8.42 Å². The van der Waals surface area contributed by atoms with Gasteiger partial charge in [0.1, 0.15) is 0 Å². The summed E-state index contributed by atoms with van der Waals surface area (Å²) in [6, 6.07) is 0. The largest absolute Gasteiger partial charge is 0.284 e. The summed E-state index contributed by atoms with van der Waals surface area (Å²) in [6.07, 6.45) is 4.24. The fourth-order valence-electron chi connectivity index (χ4n) is 1.75. The van der Waals surface area contributed by atoms with E-state index in [-0.39, 0.29) is 17.3 Å². The van der Waals surface area contributed by atoms with Gasteiger partial charge in [-0.1, -0.05) is 38.5 Å². The second-order valence-corrected chi connectivity index (χ2v) is 7.11. The predicted molar refractivity (Wildman–Crippen MR) is 59.7 cm³/mol. The van der Waals surface area contributed by atoms with Gasteiger partial charge in [0.05, 0.1) is 11.9 Å². The Hall–Kier alpha value is -0.130. The molecule has 0 atom stereocenters. The van der Waals surface area contributed by atoms with Gasteiger partial charge in [-0.3, -0.25) is 4.84 Å². The van der Waals surface area contributed by atoms with Crippen LogP contribution in [-0.4, -0.2) is 20.3 Å². The molecule has 0 amide bonds. The Bertz CT molecular complexity index is 286. The van der Waals surface area contributed by atoms with Gasteiger partial charge in [-0.15, -0.1) is 0 Å². The molecule has 0 bridgehead atoms. The third kappa shape index (κ3) is 5.49. The van der Waals surface area contributed by atoms with E-state index in [2.05, 4.69) is 4.89 Å². The maximum absolute atomic E-state index is 11.6. The minimum absolute atomic E-state index is 0.0692. The molecule has 1 aliphatic rings. The molecular weight excluding hydrogens is 214 g/mol. The van der Waals surface area contributed by atoms with Gasteiger partial charge in [0.25, 0.3) is 0 Å². The van der Waals surface area contributed by atoms with Crippen LogP contribution in [0.3, 0.4) is 0 Å². The second kappa shape index (κ2) is 4.80. The summed E-state index contributed by atoms with van der Waals surface area (Å²) in [5.74, 6) is 0.0900. The summed E-state index contributed by atoms with van der Waals surface area (Å²) >= 11 is 0. The lowest BCUT2D eigenvalue weighted by molar-refractivity contribution is 0.0219. The van der Waals surface area contributed by atoms with Crippen molar-refractivity contribution in [3.63, 3.8) is 0 Å². The van der Waals surface area contributed by atoms with Gasteiger partial charge in [-0.2, -0.15) is 0 Å². The minimum Gasteiger partial charge on any atom is -0.284 e. The first kappa shape index (κ1) is 12.9. The van der Waals surface area contributed by atoms with Crippen LogP contribution in [0.25, 0.3) is 0 Å². The molecular formula is C10H21NO3S. The molecule has 0 spiro atoms. The van der Waals surface area contributed by atoms with E-state index < -0.39 is 10.0 Å². The molecule has 0 radical (unpaired) electrons. The van der Waals surface area contributed by atoms with E-state index in [1.54, 1.807) is 0 Å². The smallest absolute Gasteiger partial charge is 0.234 e. The van der Waals surface area contributed by atoms with Gasteiger partial charge in [0, 0.05) is 0 Å². The average Bonchev–Trinajstić information content (AvgIpc) is 2.47. The van der Waals surface area contributed by atoms with Crippen LogP contribution in [0.1, 0.15) is 46.5 Å². The third-order valence-electron chi connectivity index (χ3n) is 2.27. The minimum atomic E-state index is -3.30. The number of nitrogens with one attached hydrogen (secondary N) is 1. The lowest BCUT2D eigenvalue weighted by atomic mass is 10.0. The summed E-state index contributed by atoms with van der Waals surface area (Å²) in [5, 5.41) is 0. The SMILES string of the molecule is CC(C)(C)CS(=O)(=O)NOC1CCCC1. The van der Waals surface area contributed by atoms with Crippen molar-refractivity contribution in [2.45, 2.75) is 52.6 Å². The van der Waals surface area contributed by atoms with Gasteiger partial charge in [-0.05, 0) is 18.3 Å². The average molecular weight is 235 g/mol. The quantitative estimate of drug-likeness (QED) is 0.756. The normalized spacial score (nSPS) is 19.7. The first-order chi connectivity index (χ1) is 6.79. The van der Waals surface area contributed by atoms with Crippen molar-refractivity contribution in [2.75, 3.05) is 5.75 Å². The molecule has 1 aliphatic carbocycles. The van der Waals surface area contributed by atoms with Crippen molar-refractivity contribution in [2.24, 2.45) is 5.41 Å². The standard InChI is InChI=1S/C10H21NO3S/c1-10(2,3)8-15(12,13)11-14-9-6-4-5-7-9/h9,11H,4-8H2,1-3H3. The van der Waals surface area contributed by atoms with Crippen LogP contribution in [0.15, 0.2) is 0 Å². The van der Waals surface area contributed by atoms with Crippen LogP contribution in [0, 0.1) is 5.41 Å². The zero-order chi connectivity index (χ0) is 11.5. The van der Waals surface area contributed by atoms with Crippen LogP contribution in [0.2, 0.25) is 0 Å². The maximum Gasteiger partial charge on any atom is 0.234 e. The fourth-order valence-corrected chi connectivity index (χ4v) is 3.23. The Morgan fingerprint density at radius 3 is 2.27 bits per heavy atom. The Kier molecular flexibility index (Phi) is 4.14. The van der Waals surface area contributed by atoms with E-state index in [0.717, 1.165) is 25.7 Å². The molecule has 0 aromatic carbocycles. The van der Waals surface area contributed by atoms with E-state index in [4.69, 9.17) is 4.84 Å². The zero-order valence-electron chi connectivity index (χ0n) is 9.75. The van der Waals surface area contributed by atoms with Crippen LogP contribution < -0.4 is 4.89 Å². The maximum atomic E-state index is 11.6. The Morgan fingerprint density at radius 2 is 1.80 bits per heavy atom. The van der Waals surface area contributed by atoms with Gasteiger partial charge < -0.3 is 0 Å². The molecule has 0 aromatic heterocycles. The molecule has 1 rings (SSSR count). The summed E-state index contributed by atoms with van der Waals surface area (Å²) in [7, 11) is -3.30.